The Hall–Kier alpha value is -6.38. The molecule has 0 bridgehead atoms. The van der Waals surface area contributed by atoms with Crippen molar-refractivity contribution in [2.45, 2.75) is 57.6 Å². The summed E-state index contributed by atoms with van der Waals surface area (Å²) < 4.78 is 45.3. The Morgan fingerprint density at radius 1 is 0.839 bits per heavy atom. The fourth-order valence-corrected chi connectivity index (χ4v) is 6.26. The monoisotopic (exact) mass is 779 g/mol. The van der Waals surface area contributed by atoms with E-state index >= 15 is 0 Å². The lowest BCUT2D eigenvalue weighted by molar-refractivity contribution is 0.0428. The van der Waals surface area contributed by atoms with E-state index in [9.17, 15) is 18.0 Å². The normalized spacial score (nSPS) is 13.3. The standard InChI is InChI=1S/C39H41N9O7S/c1-38(2,3)54-36(49)48(37(50)55-39(4,5)6)34-26(8-7-17-41-34)9-14-31-30-24-32(43-25-27(30)15-18-40-31)44-28-10-12-29(13-11-28)56(51,52)46-35-42-19-16-33(45-35)47-20-22-53-23-21-47/h7-8,10-13,15-19,24-25H,20-23H2,1-6H3,(H,43,44)(H,42,45,46). The van der Waals surface area contributed by atoms with Gasteiger partial charge in [-0.05, 0) is 102 Å². The molecule has 1 aliphatic heterocycles. The van der Waals surface area contributed by atoms with Crippen LogP contribution in [0.3, 0.4) is 0 Å². The van der Waals surface area contributed by atoms with Gasteiger partial charge in [0, 0.05) is 54.3 Å². The topological polar surface area (TPSA) is 191 Å². The number of nitrogens with one attached hydrogen (secondary N) is 2. The molecule has 6 rings (SSSR count). The molecule has 290 valence electrons. The summed E-state index contributed by atoms with van der Waals surface area (Å²) in [5, 5.41) is 4.60. The van der Waals surface area contributed by atoms with Gasteiger partial charge in [-0.2, -0.15) is 9.88 Å². The van der Waals surface area contributed by atoms with Crippen molar-refractivity contribution >= 4 is 62.1 Å². The summed E-state index contributed by atoms with van der Waals surface area (Å²) in [6.45, 7) is 12.5. The minimum absolute atomic E-state index is 0.0170. The number of morpholine rings is 1. The highest BCUT2D eigenvalue weighted by atomic mass is 32.2. The number of anilines is 5. The molecule has 1 aromatic carbocycles. The molecule has 2 amide bonds. The van der Waals surface area contributed by atoms with Gasteiger partial charge in [0.1, 0.15) is 28.5 Å². The van der Waals surface area contributed by atoms with Gasteiger partial charge in [0.15, 0.2) is 5.82 Å². The van der Waals surface area contributed by atoms with E-state index in [0.717, 1.165) is 10.3 Å². The maximum absolute atomic E-state index is 13.3. The van der Waals surface area contributed by atoms with Crippen LogP contribution in [0.1, 0.15) is 52.8 Å². The SMILES string of the molecule is CC(C)(C)OC(=O)N(C(=O)OC(C)(C)C)c1ncccc1C#Cc1nccc2cnc(Nc3ccc(S(=O)(=O)Nc4nccc(N5CCOCC5)n4)cc3)cc12. The summed E-state index contributed by atoms with van der Waals surface area (Å²) in [7, 11) is -3.99. The molecule has 0 spiro atoms. The number of amides is 2. The lowest BCUT2D eigenvalue weighted by atomic mass is 10.1. The van der Waals surface area contributed by atoms with E-state index in [1.54, 1.807) is 96.4 Å². The van der Waals surface area contributed by atoms with Crippen molar-refractivity contribution in [1.29, 1.82) is 0 Å². The van der Waals surface area contributed by atoms with Crippen molar-refractivity contribution in [2.75, 3.05) is 46.1 Å². The molecule has 1 fully saturated rings. The highest BCUT2D eigenvalue weighted by Crippen LogP contribution is 2.26. The molecule has 0 unspecified atom stereocenters. The Kier molecular flexibility index (Phi) is 11.3. The van der Waals surface area contributed by atoms with Gasteiger partial charge in [-0.3, -0.25) is 0 Å². The second-order valence-corrected chi connectivity index (χ2v) is 16.1. The predicted octanol–water partition coefficient (Wildman–Crippen LogP) is 6.27. The molecule has 17 heteroatoms. The minimum atomic E-state index is -3.99. The number of hydrogen-bond acceptors (Lipinski definition) is 14. The largest absolute Gasteiger partial charge is 0.443 e. The number of sulfonamides is 1. The molecule has 5 heterocycles. The highest BCUT2D eigenvalue weighted by molar-refractivity contribution is 7.92. The molecule has 0 saturated carbocycles. The van der Waals surface area contributed by atoms with Crippen LogP contribution in [0.25, 0.3) is 10.8 Å². The third-order valence-corrected chi connectivity index (χ3v) is 9.10. The molecule has 0 atom stereocenters. The number of aromatic nitrogens is 5. The maximum Gasteiger partial charge on any atom is 0.425 e. The Bertz CT molecular complexity index is 2390. The predicted molar refractivity (Wildman–Crippen MR) is 210 cm³/mol. The van der Waals surface area contributed by atoms with E-state index in [-0.39, 0.29) is 22.2 Å². The van der Waals surface area contributed by atoms with E-state index in [0.29, 0.717) is 54.7 Å². The molecule has 0 radical (unpaired) electrons. The number of imide groups is 1. The smallest absolute Gasteiger partial charge is 0.425 e. The van der Waals surface area contributed by atoms with Crippen molar-refractivity contribution in [3.05, 3.63) is 90.6 Å². The van der Waals surface area contributed by atoms with Crippen molar-refractivity contribution < 1.29 is 32.2 Å². The zero-order valence-electron chi connectivity index (χ0n) is 31.7. The van der Waals surface area contributed by atoms with Gasteiger partial charge in [-0.25, -0.2) is 42.7 Å². The Morgan fingerprint density at radius 3 is 2.20 bits per heavy atom. The van der Waals surface area contributed by atoms with Gasteiger partial charge in [0.05, 0.1) is 23.7 Å². The van der Waals surface area contributed by atoms with E-state index < -0.39 is 33.4 Å². The lowest BCUT2D eigenvalue weighted by Crippen LogP contribution is -2.44. The van der Waals surface area contributed by atoms with E-state index in [1.807, 2.05) is 4.90 Å². The number of carbonyl (C=O) groups is 2. The molecule has 16 nitrogen and oxygen atoms in total. The van der Waals surface area contributed by atoms with Crippen LogP contribution in [-0.4, -0.2) is 83.0 Å². The second kappa shape index (κ2) is 16.2. The molecule has 5 aromatic rings. The number of nitrogens with zero attached hydrogens (tertiary/aromatic N) is 7. The first kappa shape index (κ1) is 39.3. The van der Waals surface area contributed by atoms with Crippen LogP contribution in [-0.2, 0) is 24.2 Å². The van der Waals surface area contributed by atoms with Crippen LogP contribution in [0.15, 0.2) is 84.3 Å². The molecule has 1 saturated heterocycles. The number of benzene rings is 1. The average Bonchev–Trinajstić information content (AvgIpc) is 3.13. The quantitative estimate of drug-likeness (QED) is 0.176. The average molecular weight is 780 g/mol. The van der Waals surface area contributed by atoms with Crippen LogP contribution < -0.4 is 19.8 Å². The summed E-state index contributed by atoms with van der Waals surface area (Å²) >= 11 is 0. The molecular formula is C39H41N9O7S. The van der Waals surface area contributed by atoms with Gasteiger partial charge in [-0.1, -0.05) is 5.92 Å². The van der Waals surface area contributed by atoms with Crippen LogP contribution in [0, 0.1) is 11.8 Å². The highest BCUT2D eigenvalue weighted by Gasteiger charge is 2.35. The van der Waals surface area contributed by atoms with E-state index in [2.05, 4.69) is 46.8 Å². The fraction of sp³-hybridized carbons (Fsp3) is 0.308. The number of carbonyl (C=O) groups excluding carboxylic acids is 2. The van der Waals surface area contributed by atoms with Gasteiger partial charge < -0.3 is 24.4 Å². The van der Waals surface area contributed by atoms with E-state index in [1.165, 1.54) is 24.5 Å². The molecule has 1 aliphatic rings. The molecular weight excluding hydrogens is 739 g/mol. The first-order chi connectivity index (χ1) is 26.5. The number of hydrogen-bond donors (Lipinski definition) is 2. The lowest BCUT2D eigenvalue weighted by Gasteiger charge is -2.28. The van der Waals surface area contributed by atoms with Crippen LogP contribution in [0.2, 0.25) is 0 Å². The summed E-state index contributed by atoms with van der Waals surface area (Å²) in [5.41, 5.74) is -0.615. The third-order valence-electron chi connectivity index (χ3n) is 7.75. The number of ether oxygens (including phenoxy) is 3. The maximum atomic E-state index is 13.3. The molecule has 0 aliphatic carbocycles. The molecule has 56 heavy (non-hydrogen) atoms. The second-order valence-electron chi connectivity index (χ2n) is 14.5. The van der Waals surface area contributed by atoms with Crippen molar-refractivity contribution in [3.63, 3.8) is 0 Å². The van der Waals surface area contributed by atoms with Crippen molar-refractivity contribution in [2.24, 2.45) is 0 Å². The molecule has 4 aromatic heterocycles. The minimum Gasteiger partial charge on any atom is -0.443 e. The van der Waals surface area contributed by atoms with Gasteiger partial charge in [0.25, 0.3) is 10.0 Å². The zero-order valence-corrected chi connectivity index (χ0v) is 32.5. The first-order valence-corrected chi connectivity index (χ1v) is 19.1. The van der Waals surface area contributed by atoms with Crippen LogP contribution >= 0.6 is 0 Å². The number of fused-ring (bicyclic) bond motifs is 1. The number of pyridine rings is 3. The summed E-state index contributed by atoms with van der Waals surface area (Å²) in [4.78, 5) is 51.2. The van der Waals surface area contributed by atoms with Crippen molar-refractivity contribution in [1.82, 2.24) is 24.9 Å². The Morgan fingerprint density at radius 2 is 1.52 bits per heavy atom. The van der Waals surface area contributed by atoms with Crippen molar-refractivity contribution in [3.8, 4) is 11.8 Å². The first-order valence-electron chi connectivity index (χ1n) is 17.6. The Balaban J connectivity index is 1.22. The zero-order chi connectivity index (χ0) is 40.1. The van der Waals surface area contributed by atoms with Crippen LogP contribution in [0.4, 0.5) is 38.7 Å². The summed E-state index contributed by atoms with van der Waals surface area (Å²) in [6, 6.07) is 14.7. The summed E-state index contributed by atoms with van der Waals surface area (Å²) in [6.07, 6.45) is 4.25. The Labute approximate surface area is 324 Å². The third kappa shape index (κ3) is 10.0. The summed E-state index contributed by atoms with van der Waals surface area (Å²) in [5.74, 6) is 7.01. The van der Waals surface area contributed by atoms with Gasteiger partial charge in [0.2, 0.25) is 5.95 Å². The van der Waals surface area contributed by atoms with Gasteiger partial charge in [-0.15, -0.1) is 0 Å². The fourth-order valence-electron chi connectivity index (χ4n) is 5.31. The van der Waals surface area contributed by atoms with E-state index in [4.69, 9.17) is 14.2 Å². The van der Waals surface area contributed by atoms with Gasteiger partial charge >= 0.3 is 12.2 Å². The molecule has 2 N–H and O–H groups in total. The number of rotatable bonds is 7. The van der Waals surface area contributed by atoms with Crippen LogP contribution in [0.5, 0.6) is 0 Å².